The van der Waals surface area contributed by atoms with Crippen molar-refractivity contribution >= 4 is 33.0 Å². The number of carbonyl (C=O) groups is 1. The molecule has 0 aliphatic carbocycles. The summed E-state index contributed by atoms with van der Waals surface area (Å²) in [5.74, 6) is -0.276. The monoisotopic (exact) mass is 318 g/mol. The molecule has 0 heterocycles. The van der Waals surface area contributed by atoms with Gasteiger partial charge in [-0.1, -0.05) is 23.7 Å². The Morgan fingerprint density at radius 2 is 1.90 bits per heavy atom. The highest BCUT2D eigenvalue weighted by molar-refractivity contribution is 7.92. The van der Waals surface area contributed by atoms with Gasteiger partial charge in [-0.05, 0) is 26.0 Å². The van der Waals surface area contributed by atoms with Crippen molar-refractivity contribution in [1.82, 2.24) is 5.32 Å². The molecule has 0 unspecified atom stereocenters. The summed E-state index contributed by atoms with van der Waals surface area (Å²) in [4.78, 5) is 11.7. The molecule has 112 valence electrons. The molecule has 5 nitrogen and oxygen atoms in total. The number of sulfone groups is 1. The first-order valence-electron chi connectivity index (χ1n) is 6.08. The van der Waals surface area contributed by atoms with Crippen LogP contribution in [0.25, 0.3) is 0 Å². The third-order valence-corrected chi connectivity index (χ3v) is 5.47. The summed E-state index contributed by atoms with van der Waals surface area (Å²) in [6.07, 6.45) is 1.18. The molecule has 1 amide bonds. The number of anilines is 1. The highest BCUT2D eigenvalue weighted by atomic mass is 35.5. The third kappa shape index (κ3) is 4.77. The van der Waals surface area contributed by atoms with Gasteiger partial charge in [-0.3, -0.25) is 4.79 Å². The zero-order valence-electron chi connectivity index (χ0n) is 11.7. The molecular formula is C13H19ClN2O3S. The van der Waals surface area contributed by atoms with Crippen molar-refractivity contribution in [3.05, 3.63) is 29.3 Å². The Morgan fingerprint density at radius 1 is 1.30 bits per heavy atom. The van der Waals surface area contributed by atoms with Crippen molar-refractivity contribution in [3.8, 4) is 0 Å². The normalized spacial score (nSPS) is 12.2. The first-order valence-corrected chi connectivity index (χ1v) is 8.35. The van der Waals surface area contributed by atoms with Crippen molar-refractivity contribution in [2.24, 2.45) is 0 Å². The van der Waals surface area contributed by atoms with E-state index in [9.17, 15) is 13.2 Å². The van der Waals surface area contributed by atoms with Gasteiger partial charge in [0.15, 0.2) is 9.84 Å². The SMILES string of the molecule is CC(C)(CNCC(=O)Nc1ccccc1Cl)S(C)(=O)=O. The lowest BCUT2D eigenvalue weighted by Gasteiger charge is -2.22. The van der Waals surface area contributed by atoms with E-state index in [1.54, 1.807) is 38.1 Å². The number of halogens is 1. The van der Waals surface area contributed by atoms with E-state index in [0.717, 1.165) is 0 Å². The van der Waals surface area contributed by atoms with Gasteiger partial charge in [0.2, 0.25) is 5.91 Å². The maximum atomic E-state index is 11.7. The first-order chi connectivity index (χ1) is 9.13. The molecule has 20 heavy (non-hydrogen) atoms. The van der Waals surface area contributed by atoms with E-state index in [1.807, 2.05) is 0 Å². The Bertz CT molecular complexity index is 585. The van der Waals surface area contributed by atoms with E-state index < -0.39 is 14.6 Å². The second kappa shape index (κ2) is 6.56. The van der Waals surface area contributed by atoms with Crippen LogP contribution in [0.5, 0.6) is 0 Å². The predicted molar refractivity (Wildman–Crippen MR) is 81.9 cm³/mol. The Kier molecular flexibility index (Phi) is 5.56. The van der Waals surface area contributed by atoms with Gasteiger partial charge in [0.1, 0.15) is 0 Å². The van der Waals surface area contributed by atoms with E-state index in [1.165, 1.54) is 6.26 Å². The highest BCUT2D eigenvalue weighted by Crippen LogP contribution is 2.20. The van der Waals surface area contributed by atoms with E-state index in [0.29, 0.717) is 10.7 Å². The molecule has 0 aliphatic heterocycles. The van der Waals surface area contributed by atoms with E-state index >= 15 is 0 Å². The molecule has 0 fully saturated rings. The number of hydrogen-bond donors (Lipinski definition) is 2. The van der Waals surface area contributed by atoms with Gasteiger partial charge >= 0.3 is 0 Å². The van der Waals surface area contributed by atoms with Crippen LogP contribution in [0.4, 0.5) is 5.69 Å². The van der Waals surface area contributed by atoms with Gasteiger partial charge in [0.05, 0.1) is 22.0 Å². The minimum Gasteiger partial charge on any atom is -0.324 e. The highest BCUT2D eigenvalue weighted by Gasteiger charge is 2.29. The van der Waals surface area contributed by atoms with E-state index in [4.69, 9.17) is 11.6 Å². The summed E-state index contributed by atoms with van der Waals surface area (Å²) in [6.45, 7) is 3.44. The molecule has 1 aromatic carbocycles. The van der Waals surface area contributed by atoms with Crippen molar-refractivity contribution in [2.75, 3.05) is 24.7 Å². The van der Waals surface area contributed by atoms with Gasteiger partial charge in [0.25, 0.3) is 0 Å². The van der Waals surface area contributed by atoms with Crippen LogP contribution in [0, 0.1) is 0 Å². The standard InChI is InChI=1S/C13H19ClN2O3S/c1-13(2,20(3,18)19)9-15-8-12(17)16-11-7-5-4-6-10(11)14/h4-7,15H,8-9H2,1-3H3,(H,16,17). The zero-order chi connectivity index (χ0) is 15.4. The maximum Gasteiger partial charge on any atom is 0.238 e. The number of nitrogens with one attached hydrogen (secondary N) is 2. The summed E-state index contributed by atoms with van der Waals surface area (Å²) in [5.41, 5.74) is 0.531. The Labute approximate surface area is 124 Å². The molecule has 1 rings (SSSR count). The van der Waals surface area contributed by atoms with Crippen molar-refractivity contribution in [1.29, 1.82) is 0 Å². The molecule has 0 saturated heterocycles. The number of rotatable bonds is 6. The molecule has 0 aliphatic rings. The van der Waals surface area contributed by atoms with Crippen LogP contribution in [0.2, 0.25) is 5.02 Å². The maximum absolute atomic E-state index is 11.7. The van der Waals surface area contributed by atoms with E-state index in [-0.39, 0.29) is 19.0 Å². The lowest BCUT2D eigenvalue weighted by atomic mass is 10.2. The van der Waals surface area contributed by atoms with Crippen LogP contribution in [-0.4, -0.2) is 38.4 Å². The minimum atomic E-state index is -3.18. The first kappa shape index (κ1) is 16.9. The Balaban J connectivity index is 2.48. The fraction of sp³-hybridized carbons (Fsp3) is 0.462. The molecule has 0 bridgehead atoms. The molecule has 7 heteroatoms. The smallest absolute Gasteiger partial charge is 0.238 e. The van der Waals surface area contributed by atoms with Crippen LogP contribution in [0.1, 0.15) is 13.8 Å². The van der Waals surface area contributed by atoms with Crippen molar-refractivity contribution < 1.29 is 13.2 Å². The average molecular weight is 319 g/mol. The fourth-order valence-corrected chi connectivity index (χ4v) is 1.91. The van der Waals surface area contributed by atoms with Crippen LogP contribution in [0.15, 0.2) is 24.3 Å². The Morgan fingerprint density at radius 3 is 2.45 bits per heavy atom. The summed E-state index contributed by atoms with van der Waals surface area (Å²) in [6, 6.07) is 6.91. The second-order valence-corrected chi connectivity index (χ2v) is 8.22. The molecular weight excluding hydrogens is 300 g/mol. The summed E-state index contributed by atoms with van der Waals surface area (Å²) < 4.78 is 22.1. The van der Waals surface area contributed by atoms with Gasteiger partial charge in [-0.2, -0.15) is 0 Å². The lowest BCUT2D eigenvalue weighted by molar-refractivity contribution is -0.115. The average Bonchev–Trinajstić information content (AvgIpc) is 2.30. The quantitative estimate of drug-likeness (QED) is 0.837. The molecule has 0 saturated carbocycles. The molecule has 0 atom stereocenters. The van der Waals surface area contributed by atoms with Gasteiger partial charge in [0, 0.05) is 12.8 Å². The van der Waals surface area contributed by atoms with Crippen molar-refractivity contribution in [3.63, 3.8) is 0 Å². The minimum absolute atomic E-state index is 0.0180. The summed E-state index contributed by atoms with van der Waals surface area (Å²) in [5, 5.41) is 5.95. The number of amides is 1. The van der Waals surface area contributed by atoms with Crippen LogP contribution in [0.3, 0.4) is 0 Å². The largest absolute Gasteiger partial charge is 0.324 e. The number of benzene rings is 1. The van der Waals surface area contributed by atoms with Crippen LogP contribution in [-0.2, 0) is 14.6 Å². The zero-order valence-corrected chi connectivity index (χ0v) is 13.3. The second-order valence-electron chi connectivity index (χ2n) is 5.16. The van der Waals surface area contributed by atoms with Crippen LogP contribution >= 0.6 is 11.6 Å². The molecule has 1 aromatic rings. The predicted octanol–water partition coefficient (Wildman–Crippen LogP) is 1.69. The molecule has 2 N–H and O–H groups in total. The van der Waals surface area contributed by atoms with Gasteiger partial charge < -0.3 is 10.6 Å². The molecule has 0 radical (unpaired) electrons. The molecule has 0 aromatic heterocycles. The third-order valence-electron chi connectivity index (χ3n) is 2.99. The Hall–Kier alpha value is -1.11. The summed E-state index contributed by atoms with van der Waals surface area (Å²) >= 11 is 5.92. The summed E-state index contributed by atoms with van der Waals surface area (Å²) in [7, 11) is -3.18. The topological polar surface area (TPSA) is 75.3 Å². The van der Waals surface area contributed by atoms with Gasteiger partial charge in [-0.15, -0.1) is 0 Å². The van der Waals surface area contributed by atoms with Crippen molar-refractivity contribution in [2.45, 2.75) is 18.6 Å². The number of carbonyl (C=O) groups excluding carboxylic acids is 1. The number of hydrogen-bond acceptors (Lipinski definition) is 4. The van der Waals surface area contributed by atoms with Gasteiger partial charge in [-0.25, -0.2) is 8.42 Å². The fourth-order valence-electron chi connectivity index (χ4n) is 1.37. The van der Waals surface area contributed by atoms with Crippen LogP contribution < -0.4 is 10.6 Å². The lowest BCUT2D eigenvalue weighted by Crippen LogP contribution is -2.43. The number of para-hydroxylation sites is 1. The molecule has 0 spiro atoms. The van der Waals surface area contributed by atoms with E-state index in [2.05, 4.69) is 10.6 Å².